The van der Waals surface area contributed by atoms with Gasteiger partial charge in [0.05, 0.1) is 6.07 Å². The predicted octanol–water partition coefficient (Wildman–Crippen LogP) is 1.16. The fourth-order valence-corrected chi connectivity index (χ4v) is 2.22. The van der Waals surface area contributed by atoms with Crippen LogP contribution in [0.4, 0.5) is 0 Å². The number of nitrogens with zero attached hydrogens (tertiary/aromatic N) is 1. The summed E-state index contributed by atoms with van der Waals surface area (Å²) in [7, 11) is 0. The topological polar surface area (TPSA) is 52.9 Å². The van der Waals surface area contributed by atoms with E-state index in [1.165, 1.54) is 0 Å². The van der Waals surface area contributed by atoms with E-state index in [2.05, 4.69) is 5.32 Å². The van der Waals surface area contributed by atoms with Gasteiger partial charge in [-0.25, -0.2) is 0 Å². The normalized spacial score (nSPS) is 22.4. The van der Waals surface area contributed by atoms with E-state index in [1.807, 2.05) is 17.8 Å². The lowest BCUT2D eigenvalue weighted by Gasteiger charge is -2.18. The molecule has 1 amide bonds. The molecule has 1 fully saturated rings. The lowest BCUT2D eigenvalue weighted by molar-refractivity contribution is -0.127. The summed E-state index contributed by atoms with van der Waals surface area (Å²) in [5.74, 6) is 1.94. The highest BCUT2D eigenvalue weighted by Crippen LogP contribution is 2.19. The highest BCUT2D eigenvalue weighted by Gasteiger charge is 2.29. The predicted molar refractivity (Wildman–Crippen MR) is 53.3 cm³/mol. The lowest BCUT2D eigenvalue weighted by atomic mass is 9.94. The largest absolute Gasteiger partial charge is 0.351 e. The molecule has 1 atom stereocenters. The monoisotopic (exact) mass is 198 g/mol. The standard InChI is InChI=1S/C9H14N2OS/c1-9(2,6-10)8(12)11-7-3-4-13-5-7/h7H,3-5H2,1-2H3,(H,11,12). The summed E-state index contributed by atoms with van der Waals surface area (Å²) >= 11 is 1.84. The van der Waals surface area contributed by atoms with Gasteiger partial charge in [0.15, 0.2) is 0 Å². The minimum absolute atomic E-state index is 0.150. The van der Waals surface area contributed by atoms with E-state index in [0.29, 0.717) is 0 Å². The first-order chi connectivity index (χ1) is 6.06. The number of carbonyl (C=O) groups is 1. The molecule has 0 aromatic carbocycles. The fourth-order valence-electron chi connectivity index (χ4n) is 1.06. The second kappa shape index (κ2) is 4.01. The first-order valence-electron chi connectivity index (χ1n) is 4.36. The Hall–Kier alpha value is -0.690. The zero-order valence-electron chi connectivity index (χ0n) is 7.96. The van der Waals surface area contributed by atoms with E-state index in [4.69, 9.17) is 5.26 Å². The maximum absolute atomic E-state index is 11.5. The van der Waals surface area contributed by atoms with Gasteiger partial charge in [-0.05, 0) is 26.0 Å². The van der Waals surface area contributed by atoms with Gasteiger partial charge in [0.1, 0.15) is 5.41 Å². The van der Waals surface area contributed by atoms with E-state index < -0.39 is 5.41 Å². The van der Waals surface area contributed by atoms with E-state index in [-0.39, 0.29) is 11.9 Å². The Bertz CT molecular complexity index is 238. The minimum atomic E-state index is -0.896. The fraction of sp³-hybridized carbons (Fsp3) is 0.778. The number of carbonyl (C=O) groups excluding carboxylic acids is 1. The van der Waals surface area contributed by atoms with Crippen LogP contribution in [0.3, 0.4) is 0 Å². The van der Waals surface area contributed by atoms with Crippen LogP contribution in [0.1, 0.15) is 20.3 Å². The number of hydrogen-bond acceptors (Lipinski definition) is 3. The molecule has 1 N–H and O–H groups in total. The molecule has 0 aliphatic carbocycles. The van der Waals surface area contributed by atoms with E-state index in [1.54, 1.807) is 13.8 Å². The molecule has 1 aliphatic heterocycles. The van der Waals surface area contributed by atoms with Crippen molar-refractivity contribution < 1.29 is 4.79 Å². The lowest BCUT2D eigenvalue weighted by Crippen LogP contribution is -2.42. The summed E-state index contributed by atoms with van der Waals surface area (Å²) < 4.78 is 0. The quantitative estimate of drug-likeness (QED) is 0.724. The van der Waals surface area contributed by atoms with Crippen LogP contribution in [-0.4, -0.2) is 23.5 Å². The van der Waals surface area contributed by atoms with Crippen molar-refractivity contribution in [3.63, 3.8) is 0 Å². The van der Waals surface area contributed by atoms with Gasteiger partial charge in [-0.15, -0.1) is 0 Å². The zero-order valence-corrected chi connectivity index (χ0v) is 8.78. The summed E-state index contributed by atoms with van der Waals surface area (Å²) in [6.45, 7) is 3.29. The number of nitrogens with one attached hydrogen (secondary N) is 1. The van der Waals surface area contributed by atoms with Crippen LogP contribution in [0.25, 0.3) is 0 Å². The third kappa shape index (κ3) is 2.63. The Morgan fingerprint density at radius 1 is 1.69 bits per heavy atom. The molecule has 13 heavy (non-hydrogen) atoms. The van der Waals surface area contributed by atoms with Crippen LogP contribution >= 0.6 is 11.8 Å². The van der Waals surface area contributed by atoms with Crippen LogP contribution in [0.5, 0.6) is 0 Å². The van der Waals surface area contributed by atoms with Crippen molar-refractivity contribution >= 4 is 17.7 Å². The molecular formula is C9H14N2OS. The van der Waals surface area contributed by atoms with E-state index >= 15 is 0 Å². The first-order valence-corrected chi connectivity index (χ1v) is 5.51. The van der Waals surface area contributed by atoms with Crippen molar-refractivity contribution in [3.8, 4) is 6.07 Å². The molecule has 72 valence electrons. The Morgan fingerprint density at radius 3 is 2.85 bits per heavy atom. The van der Waals surface area contributed by atoms with Crippen molar-refractivity contribution in [1.29, 1.82) is 5.26 Å². The molecule has 4 heteroatoms. The Kier molecular flexibility index (Phi) is 3.21. The Labute approximate surface area is 82.9 Å². The number of thioether (sulfide) groups is 1. The number of nitriles is 1. The highest BCUT2D eigenvalue weighted by atomic mass is 32.2. The van der Waals surface area contributed by atoms with Crippen LogP contribution < -0.4 is 5.32 Å². The molecule has 3 nitrogen and oxygen atoms in total. The molecule has 0 spiro atoms. The summed E-state index contributed by atoms with van der Waals surface area (Å²) in [6, 6.07) is 2.26. The minimum Gasteiger partial charge on any atom is -0.351 e. The summed E-state index contributed by atoms with van der Waals surface area (Å²) in [6.07, 6.45) is 1.03. The van der Waals surface area contributed by atoms with Crippen LogP contribution in [0, 0.1) is 16.7 Å². The molecule has 0 radical (unpaired) electrons. The molecule has 1 aliphatic rings. The van der Waals surface area contributed by atoms with Crippen molar-refractivity contribution in [1.82, 2.24) is 5.32 Å². The molecule has 0 bridgehead atoms. The third-order valence-corrected chi connectivity index (χ3v) is 3.27. The van der Waals surface area contributed by atoms with Gasteiger partial charge in [-0.3, -0.25) is 4.79 Å². The maximum Gasteiger partial charge on any atom is 0.240 e. The third-order valence-electron chi connectivity index (χ3n) is 2.11. The summed E-state index contributed by atoms with van der Waals surface area (Å²) in [5, 5.41) is 11.6. The summed E-state index contributed by atoms with van der Waals surface area (Å²) in [4.78, 5) is 11.5. The number of rotatable bonds is 2. The Morgan fingerprint density at radius 2 is 2.38 bits per heavy atom. The molecule has 0 aromatic heterocycles. The van der Waals surface area contributed by atoms with Crippen molar-refractivity contribution in [2.24, 2.45) is 5.41 Å². The zero-order chi connectivity index (χ0) is 9.90. The van der Waals surface area contributed by atoms with E-state index in [0.717, 1.165) is 17.9 Å². The van der Waals surface area contributed by atoms with E-state index in [9.17, 15) is 4.79 Å². The molecule has 1 heterocycles. The number of hydrogen-bond donors (Lipinski definition) is 1. The van der Waals surface area contributed by atoms with Crippen molar-refractivity contribution in [2.45, 2.75) is 26.3 Å². The Balaban J connectivity index is 2.45. The molecule has 1 unspecified atom stereocenters. The highest BCUT2D eigenvalue weighted by molar-refractivity contribution is 7.99. The van der Waals surface area contributed by atoms with Gasteiger partial charge in [0.2, 0.25) is 5.91 Å². The van der Waals surface area contributed by atoms with Crippen molar-refractivity contribution in [2.75, 3.05) is 11.5 Å². The molecule has 1 rings (SSSR count). The van der Waals surface area contributed by atoms with Gasteiger partial charge >= 0.3 is 0 Å². The summed E-state index contributed by atoms with van der Waals surface area (Å²) in [5.41, 5.74) is -0.896. The van der Waals surface area contributed by atoms with Gasteiger partial charge in [0, 0.05) is 11.8 Å². The molecular weight excluding hydrogens is 184 g/mol. The van der Waals surface area contributed by atoms with Crippen molar-refractivity contribution in [3.05, 3.63) is 0 Å². The van der Waals surface area contributed by atoms with Gasteiger partial charge in [0.25, 0.3) is 0 Å². The van der Waals surface area contributed by atoms with Crippen LogP contribution in [0.2, 0.25) is 0 Å². The smallest absolute Gasteiger partial charge is 0.240 e. The average Bonchev–Trinajstić information content (AvgIpc) is 2.57. The molecule has 1 saturated heterocycles. The van der Waals surface area contributed by atoms with Gasteiger partial charge < -0.3 is 5.32 Å². The molecule has 0 aromatic rings. The maximum atomic E-state index is 11.5. The second-order valence-corrected chi connectivity index (χ2v) is 4.92. The number of amides is 1. The average molecular weight is 198 g/mol. The second-order valence-electron chi connectivity index (χ2n) is 3.77. The van der Waals surface area contributed by atoms with Gasteiger partial charge in [-0.1, -0.05) is 0 Å². The molecule has 0 saturated carbocycles. The van der Waals surface area contributed by atoms with Gasteiger partial charge in [-0.2, -0.15) is 17.0 Å². The van der Waals surface area contributed by atoms with Crippen LogP contribution in [-0.2, 0) is 4.79 Å². The SMILES string of the molecule is CC(C)(C#N)C(=O)NC1CCSC1. The van der Waals surface area contributed by atoms with Crippen LogP contribution in [0.15, 0.2) is 0 Å². The first kappa shape index (κ1) is 10.4.